The van der Waals surface area contributed by atoms with Gasteiger partial charge in [0.2, 0.25) is 0 Å². The molecule has 1 atom stereocenters. The second-order valence-electron chi connectivity index (χ2n) is 7.22. The molecule has 2 fully saturated rings. The predicted molar refractivity (Wildman–Crippen MR) is 96.7 cm³/mol. The molecule has 5 nitrogen and oxygen atoms in total. The van der Waals surface area contributed by atoms with E-state index in [0.717, 1.165) is 61.2 Å². The number of pyridine rings is 1. The van der Waals surface area contributed by atoms with E-state index in [1.165, 1.54) is 0 Å². The molecule has 134 valence electrons. The number of aliphatic hydroxyl groups excluding tert-OH is 1. The normalized spacial score (nSPS) is 23.4. The van der Waals surface area contributed by atoms with E-state index < -0.39 is 0 Å². The van der Waals surface area contributed by atoms with Crippen LogP contribution in [0.3, 0.4) is 0 Å². The summed E-state index contributed by atoms with van der Waals surface area (Å²) in [6.07, 6.45) is 2.50. The number of piperidine rings is 1. The Morgan fingerprint density at radius 3 is 2.84 bits per heavy atom. The number of fused-ring (bicyclic) bond motifs is 1. The number of rotatable bonds is 4. The van der Waals surface area contributed by atoms with Crippen molar-refractivity contribution < 1.29 is 14.6 Å². The van der Waals surface area contributed by atoms with Crippen molar-refractivity contribution in [2.24, 2.45) is 0 Å². The van der Waals surface area contributed by atoms with Gasteiger partial charge in [-0.1, -0.05) is 6.07 Å². The summed E-state index contributed by atoms with van der Waals surface area (Å²) in [6, 6.07) is 10.3. The van der Waals surface area contributed by atoms with Crippen LogP contribution in [0.25, 0.3) is 10.9 Å². The highest BCUT2D eigenvalue weighted by Crippen LogP contribution is 2.36. The van der Waals surface area contributed by atoms with Gasteiger partial charge in [-0.05, 0) is 44.0 Å². The molecular weight excluding hydrogens is 316 g/mol. The number of nitrogens with zero attached hydrogens (tertiary/aromatic N) is 2. The third kappa shape index (κ3) is 3.64. The summed E-state index contributed by atoms with van der Waals surface area (Å²) in [5.74, 6) is 0.893. The molecule has 3 heterocycles. The Hall–Kier alpha value is -1.69. The van der Waals surface area contributed by atoms with Crippen LogP contribution in [0, 0.1) is 0 Å². The average Bonchev–Trinajstić information content (AvgIpc) is 2.98. The Kier molecular flexibility index (Phi) is 4.63. The lowest BCUT2D eigenvalue weighted by Gasteiger charge is -2.38. The number of aromatic nitrogens is 1. The predicted octanol–water partition coefficient (Wildman–Crippen LogP) is 2.75. The van der Waals surface area contributed by atoms with Crippen LogP contribution in [0.5, 0.6) is 5.75 Å². The summed E-state index contributed by atoms with van der Waals surface area (Å²) in [5, 5.41) is 10.9. The summed E-state index contributed by atoms with van der Waals surface area (Å²) >= 11 is 0. The molecule has 1 spiro atoms. The Morgan fingerprint density at radius 2 is 2.12 bits per heavy atom. The van der Waals surface area contributed by atoms with Gasteiger partial charge in [0.1, 0.15) is 5.75 Å². The first-order valence-electron chi connectivity index (χ1n) is 9.23. The third-order valence-electron chi connectivity index (χ3n) is 5.37. The maximum absolute atomic E-state index is 9.74. The number of hydrogen-bond acceptors (Lipinski definition) is 5. The van der Waals surface area contributed by atoms with Crippen molar-refractivity contribution in [1.82, 2.24) is 9.88 Å². The van der Waals surface area contributed by atoms with Crippen LogP contribution < -0.4 is 4.74 Å². The van der Waals surface area contributed by atoms with Gasteiger partial charge < -0.3 is 14.6 Å². The Morgan fingerprint density at radius 1 is 1.28 bits per heavy atom. The number of benzene rings is 1. The molecule has 2 aromatic rings. The average molecular weight is 342 g/mol. The summed E-state index contributed by atoms with van der Waals surface area (Å²) in [4.78, 5) is 7.24. The molecule has 2 saturated heterocycles. The molecule has 2 aliphatic rings. The van der Waals surface area contributed by atoms with E-state index in [1.807, 2.05) is 25.1 Å². The van der Waals surface area contributed by atoms with Crippen molar-refractivity contribution in [3.05, 3.63) is 36.0 Å². The SMILES string of the molecule is CCOc1ccc2nc(CN3CCC4(CC3)C[C@H](O)CO4)ccc2c1. The minimum absolute atomic E-state index is 0.0809. The van der Waals surface area contributed by atoms with Crippen LogP contribution in [-0.4, -0.2) is 53.0 Å². The monoisotopic (exact) mass is 342 g/mol. The molecule has 0 unspecified atom stereocenters. The molecule has 4 rings (SSSR count). The highest BCUT2D eigenvalue weighted by Gasteiger charge is 2.42. The van der Waals surface area contributed by atoms with Gasteiger partial charge in [0, 0.05) is 31.4 Å². The van der Waals surface area contributed by atoms with E-state index in [2.05, 4.69) is 17.0 Å². The van der Waals surface area contributed by atoms with E-state index in [9.17, 15) is 5.11 Å². The molecule has 25 heavy (non-hydrogen) atoms. The van der Waals surface area contributed by atoms with Crippen molar-refractivity contribution in [2.45, 2.75) is 44.4 Å². The number of hydrogen-bond donors (Lipinski definition) is 1. The quantitative estimate of drug-likeness (QED) is 0.926. The standard InChI is InChI=1S/C20H26N2O3/c1-2-24-18-5-6-19-15(11-18)3-4-16(21-19)13-22-9-7-20(8-10-22)12-17(23)14-25-20/h3-6,11,17,23H,2,7-10,12-14H2,1H3/t17-/m0/s1. The molecule has 1 aromatic heterocycles. The second-order valence-corrected chi connectivity index (χ2v) is 7.22. The van der Waals surface area contributed by atoms with Gasteiger partial charge in [0.15, 0.2) is 0 Å². The Bertz CT molecular complexity index is 741. The molecule has 0 aliphatic carbocycles. The maximum Gasteiger partial charge on any atom is 0.120 e. The fraction of sp³-hybridized carbons (Fsp3) is 0.550. The summed E-state index contributed by atoms with van der Waals surface area (Å²) < 4.78 is 11.4. The van der Waals surface area contributed by atoms with E-state index in [0.29, 0.717) is 13.2 Å². The first-order valence-corrected chi connectivity index (χ1v) is 9.23. The molecular formula is C20H26N2O3. The Labute approximate surface area is 148 Å². The van der Waals surface area contributed by atoms with E-state index in [1.54, 1.807) is 0 Å². The first-order chi connectivity index (χ1) is 12.2. The molecule has 0 bridgehead atoms. The van der Waals surface area contributed by atoms with Crippen molar-refractivity contribution in [1.29, 1.82) is 0 Å². The van der Waals surface area contributed by atoms with E-state index >= 15 is 0 Å². The van der Waals surface area contributed by atoms with Gasteiger partial charge in [-0.15, -0.1) is 0 Å². The van der Waals surface area contributed by atoms with Crippen molar-refractivity contribution >= 4 is 10.9 Å². The van der Waals surface area contributed by atoms with Crippen molar-refractivity contribution in [2.75, 3.05) is 26.3 Å². The smallest absolute Gasteiger partial charge is 0.120 e. The summed E-state index contributed by atoms with van der Waals surface area (Å²) in [6.45, 7) is 6.02. The van der Waals surface area contributed by atoms with E-state index in [-0.39, 0.29) is 11.7 Å². The van der Waals surface area contributed by atoms with Crippen LogP contribution in [0.4, 0.5) is 0 Å². The van der Waals surface area contributed by atoms with Crippen molar-refractivity contribution in [3.8, 4) is 5.75 Å². The summed E-state index contributed by atoms with van der Waals surface area (Å²) in [5.41, 5.74) is 2.03. The lowest BCUT2D eigenvalue weighted by Crippen LogP contribution is -2.43. The third-order valence-corrected chi connectivity index (χ3v) is 5.37. The molecule has 2 aliphatic heterocycles. The van der Waals surface area contributed by atoms with Gasteiger partial charge >= 0.3 is 0 Å². The lowest BCUT2D eigenvalue weighted by atomic mass is 9.88. The van der Waals surface area contributed by atoms with Crippen LogP contribution in [0.1, 0.15) is 31.9 Å². The fourth-order valence-electron chi connectivity index (χ4n) is 4.01. The van der Waals surface area contributed by atoms with Crippen LogP contribution in [0.15, 0.2) is 30.3 Å². The van der Waals surface area contributed by atoms with Gasteiger partial charge in [-0.2, -0.15) is 0 Å². The van der Waals surface area contributed by atoms with Gasteiger partial charge in [-0.25, -0.2) is 0 Å². The zero-order chi connectivity index (χ0) is 17.3. The molecule has 1 N–H and O–H groups in total. The van der Waals surface area contributed by atoms with E-state index in [4.69, 9.17) is 14.5 Å². The lowest BCUT2D eigenvalue weighted by molar-refractivity contribution is -0.0458. The number of aliphatic hydroxyl groups is 1. The minimum atomic E-state index is -0.282. The van der Waals surface area contributed by atoms with Crippen LogP contribution in [-0.2, 0) is 11.3 Å². The topological polar surface area (TPSA) is 54.8 Å². The Balaban J connectivity index is 1.40. The molecule has 1 aromatic carbocycles. The minimum Gasteiger partial charge on any atom is -0.494 e. The zero-order valence-corrected chi connectivity index (χ0v) is 14.8. The van der Waals surface area contributed by atoms with Crippen LogP contribution in [0.2, 0.25) is 0 Å². The highest BCUT2D eigenvalue weighted by molar-refractivity contribution is 5.80. The molecule has 0 radical (unpaired) electrons. The largest absolute Gasteiger partial charge is 0.494 e. The molecule has 5 heteroatoms. The first kappa shape index (κ1) is 16.8. The van der Waals surface area contributed by atoms with Gasteiger partial charge in [-0.3, -0.25) is 9.88 Å². The van der Waals surface area contributed by atoms with Crippen molar-refractivity contribution in [3.63, 3.8) is 0 Å². The summed E-state index contributed by atoms with van der Waals surface area (Å²) in [7, 11) is 0. The highest BCUT2D eigenvalue weighted by atomic mass is 16.5. The number of ether oxygens (including phenoxy) is 2. The molecule has 0 amide bonds. The second kappa shape index (κ2) is 6.90. The van der Waals surface area contributed by atoms with Gasteiger partial charge in [0.25, 0.3) is 0 Å². The maximum atomic E-state index is 9.74. The molecule has 0 saturated carbocycles. The number of likely N-dealkylation sites (tertiary alicyclic amines) is 1. The zero-order valence-electron chi connectivity index (χ0n) is 14.8. The van der Waals surface area contributed by atoms with Crippen LogP contribution >= 0.6 is 0 Å². The van der Waals surface area contributed by atoms with Gasteiger partial charge in [0.05, 0.1) is 36.1 Å². The fourth-order valence-corrected chi connectivity index (χ4v) is 4.01.